The second kappa shape index (κ2) is 5.31. The Morgan fingerprint density at radius 3 is 2.64 bits per heavy atom. The zero-order valence-electron chi connectivity index (χ0n) is 11.9. The first kappa shape index (κ1) is 14.9. The highest BCUT2D eigenvalue weighted by atomic mass is 19.1. The molecule has 1 fully saturated rings. The second-order valence-corrected chi connectivity index (χ2v) is 5.26. The van der Waals surface area contributed by atoms with Gasteiger partial charge in [-0.1, -0.05) is 11.2 Å². The van der Waals surface area contributed by atoms with Gasteiger partial charge in [0.15, 0.2) is 5.84 Å². The molecule has 0 amide bonds. The van der Waals surface area contributed by atoms with Crippen molar-refractivity contribution in [1.82, 2.24) is 4.90 Å². The Kier molecular flexibility index (Phi) is 3.60. The maximum atomic E-state index is 14.2. The first-order valence-corrected chi connectivity index (χ1v) is 6.98. The molecule has 3 rings (SSSR count). The lowest BCUT2D eigenvalue weighted by Crippen LogP contribution is -2.52. The van der Waals surface area contributed by atoms with Crippen molar-refractivity contribution in [3.8, 4) is 0 Å². The minimum atomic E-state index is -1.80. The van der Waals surface area contributed by atoms with Gasteiger partial charge in [-0.15, -0.1) is 0 Å². The quantitative estimate of drug-likeness (QED) is 0.913. The van der Waals surface area contributed by atoms with E-state index in [9.17, 15) is 18.3 Å². The van der Waals surface area contributed by atoms with Crippen molar-refractivity contribution < 1.29 is 23.1 Å². The van der Waals surface area contributed by atoms with Crippen LogP contribution in [-0.2, 0) is 10.6 Å². The predicted octanol–water partition coefficient (Wildman–Crippen LogP) is 2.63. The fourth-order valence-electron chi connectivity index (χ4n) is 3.01. The van der Waals surface area contributed by atoms with Crippen molar-refractivity contribution in [1.29, 1.82) is 0 Å². The lowest BCUT2D eigenvalue weighted by atomic mass is 9.95. The standard InChI is InChI=1S/C15H15F3N2O2/c1-2-9-4-3-5-20-14(9)19-22-15(20,8-21)13-11(17)6-10(16)7-12(13)18/h2,6-7,21H,3-5,8H2,1H3/b9-2+. The average molecular weight is 312 g/mol. The summed E-state index contributed by atoms with van der Waals surface area (Å²) in [6.45, 7) is 1.54. The Labute approximate surface area is 125 Å². The van der Waals surface area contributed by atoms with Crippen LogP contribution >= 0.6 is 0 Å². The number of halogens is 3. The van der Waals surface area contributed by atoms with Gasteiger partial charge >= 0.3 is 0 Å². The third-order valence-electron chi connectivity index (χ3n) is 4.05. The lowest BCUT2D eigenvalue weighted by Gasteiger charge is -2.38. The number of rotatable bonds is 2. The second-order valence-electron chi connectivity index (χ2n) is 5.26. The van der Waals surface area contributed by atoms with Crippen molar-refractivity contribution >= 4 is 5.84 Å². The van der Waals surface area contributed by atoms with Crippen LogP contribution in [0.4, 0.5) is 13.2 Å². The van der Waals surface area contributed by atoms with E-state index in [2.05, 4.69) is 5.16 Å². The monoisotopic (exact) mass is 312 g/mol. The van der Waals surface area contributed by atoms with Crippen LogP contribution in [0.1, 0.15) is 25.3 Å². The van der Waals surface area contributed by atoms with Gasteiger partial charge in [0.05, 0.1) is 5.56 Å². The van der Waals surface area contributed by atoms with Gasteiger partial charge in [0.1, 0.15) is 24.1 Å². The van der Waals surface area contributed by atoms with Crippen molar-refractivity contribution in [3.05, 3.63) is 46.8 Å². The van der Waals surface area contributed by atoms with E-state index in [1.54, 1.807) is 0 Å². The Hall–Kier alpha value is -2.02. The summed E-state index contributed by atoms with van der Waals surface area (Å²) in [6.07, 6.45) is 3.35. The molecule has 2 heterocycles. The number of benzene rings is 1. The molecule has 1 atom stereocenters. The number of aliphatic hydroxyl groups is 1. The third kappa shape index (κ3) is 1.99. The number of hydrogen-bond acceptors (Lipinski definition) is 4. The minimum Gasteiger partial charge on any atom is -0.390 e. The summed E-state index contributed by atoms with van der Waals surface area (Å²) in [5.74, 6) is -2.81. The minimum absolute atomic E-state index is 0.424. The molecule has 22 heavy (non-hydrogen) atoms. The van der Waals surface area contributed by atoms with Crippen LogP contribution in [0.15, 0.2) is 28.9 Å². The lowest BCUT2D eigenvalue weighted by molar-refractivity contribution is -0.141. The van der Waals surface area contributed by atoms with Crippen molar-refractivity contribution in [2.24, 2.45) is 5.16 Å². The molecule has 1 unspecified atom stereocenters. The number of piperidine rings is 1. The first-order valence-electron chi connectivity index (χ1n) is 6.98. The zero-order valence-corrected chi connectivity index (χ0v) is 11.9. The van der Waals surface area contributed by atoms with E-state index < -0.39 is 35.3 Å². The van der Waals surface area contributed by atoms with Crippen LogP contribution in [-0.4, -0.2) is 29.0 Å². The van der Waals surface area contributed by atoms with E-state index in [0.717, 1.165) is 18.4 Å². The van der Waals surface area contributed by atoms with Gasteiger partial charge in [0.2, 0.25) is 0 Å². The van der Waals surface area contributed by atoms with E-state index in [0.29, 0.717) is 24.5 Å². The molecule has 1 aromatic rings. The Bertz CT molecular complexity index is 652. The highest BCUT2D eigenvalue weighted by molar-refractivity contribution is 5.99. The molecule has 0 aliphatic carbocycles. The molecule has 0 spiro atoms. The predicted molar refractivity (Wildman–Crippen MR) is 73.3 cm³/mol. The summed E-state index contributed by atoms with van der Waals surface area (Å²) in [5.41, 5.74) is -1.46. The van der Waals surface area contributed by atoms with E-state index in [1.165, 1.54) is 4.90 Å². The summed E-state index contributed by atoms with van der Waals surface area (Å²) in [7, 11) is 0. The Morgan fingerprint density at radius 1 is 1.36 bits per heavy atom. The maximum Gasteiger partial charge on any atom is 0.266 e. The number of hydrogen-bond donors (Lipinski definition) is 1. The molecular formula is C15H15F3N2O2. The average Bonchev–Trinajstić information content (AvgIpc) is 2.86. The Morgan fingerprint density at radius 2 is 2.05 bits per heavy atom. The van der Waals surface area contributed by atoms with Crippen LogP contribution in [0, 0.1) is 17.5 Å². The van der Waals surface area contributed by atoms with Gasteiger partial charge in [-0.25, -0.2) is 13.2 Å². The van der Waals surface area contributed by atoms with E-state index in [1.807, 2.05) is 13.0 Å². The van der Waals surface area contributed by atoms with Crippen molar-refractivity contribution in [3.63, 3.8) is 0 Å². The van der Waals surface area contributed by atoms with Crippen LogP contribution in [0.3, 0.4) is 0 Å². The molecule has 0 saturated carbocycles. The Balaban J connectivity index is 2.13. The summed E-state index contributed by atoms with van der Waals surface area (Å²) in [5, 5.41) is 13.7. The van der Waals surface area contributed by atoms with Gasteiger partial charge in [-0.3, -0.25) is 0 Å². The summed E-state index contributed by atoms with van der Waals surface area (Å²) >= 11 is 0. The first-order chi connectivity index (χ1) is 10.5. The summed E-state index contributed by atoms with van der Waals surface area (Å²) in [4.78, 5) is 6.81. The molecular weight excluding hydrogens is 297 g/mol. The van der Waals surface area contributed by atoms with Crippen molar-refractivity contribution in [2.75, 3.05) is 13.2 Å². The molecule has 1 aromatic carbocycles. The number of aliphatic hydroxyl groups excluding tert-OH is 1. The highest BCUT2D eigenvalue weighted by Crippen LogP contribution is 2.41. The molecule has 2 aliphatic heterocycles. The van der Waals surface area contributed by atoms with Crippen molar-refractivity contribution in [2.45, 2.75) is 25.5 Å². The van der Waals surface area contributed by atoms with Crippen LogP contribution in [0.2, 0.25) is 0 Å². The number of fused-ring (bicyclic) bond motifs is 1. The van der Waals surface area contributed by atoms with Crippen LogP contribution in [0.5, 0.6) is 0 Å². The fourth-order valence-corrected chi connectivity index (χ4v) is 3.01. The third-order valence-corrected chi connectivity index (χ3v) is 4.05. The fraction of sp³-hybridized carbons (Fsp3) is 0.400. The van der Waals surface area contributed by atoms with Gasteiger partial charge in [-0.05, 0) is 25.3 Å². The highest BCUT2D eigenvalue weighted by Gasteiger charge is 2.52. The summed E-state index contributed by atoms with van der Waals surface area (Å²) in [6, 6.07) is 1.13. The molecule has 7 heteroatoms. The number of amidine groups is 1. The maximum absolute atomic E-state index is 14.2. The SMILES string of the molecule is C/C=C1\CCCN2C1=NOC2(CO)c1c(F)cc(F)cc1F. The van der Waals surface area contributed by atoms with Crippen LogP contribution in [0.25, 0.3) is 0 Å². The van der Waals surface area contributed by atoms with E-state index in [-0.39, 0.29) is 0 Å². The molecule has 118 valence electrons. The number of nitrogens with zero attached hydrogens (tertiary/aromatic N) is 2. The summed E-state index contributed by atoms with van der Waals surface area (Å²) < 4.78 is 41.5. The molecule has 0 bridgehead atoms. The van der Waals surface area contributed by atoms with Gasteiger partial charge in [0, 0.05) is 18.7 Å². The molecule has 2 aliphatic rings. The molecule has 1 N–H and O–H groups in total. The van der Waals surface area contributed by atoms with Gasteiger partial charge in [0.25, 0.3) is 5.72 Å². The van der Waals surface area contributed by atoms with E-state index >= 15 is 0 Å². The van der Waals surface area contributed by atoms with Crippen LogP contribution < -0.4 is 0 Å². The largest absolute Gasteiger partial charge is 0.390 e. The van der Waals surface area contributed by atoms with E-state index in [4.69, 9.17) is 4.84 Å². The molecule has 0 aromatic heterocycles. The normalized spacial score (nSPS) is 26.0. The zero-order chi connectivity index (χ0) is 15.9. The molecule has 4 nitrogen and oxygen atoms in total. The number of oxime groups is 1. The molecule has 1 saturated heterocycles. The van der Waals surface area contributed by atoms with Gasteiger partial charge in [-0.2, -0.15) is 0 Å². The topological polar surface area (TPSA) is 45.1 Å². The number of allylic oxidation sites excluding steroid dienone is 1. The van der Waals surface area contributed by atoms with Gasteiger partial charge < -0.3 is 14.8 Å². The smallest absolute Gasteiger partial charge is 0.266 e. The molecule has 0 radical (unpaired) electrons.